The number of benzene rings is 2. The zero-order chi connectivity index (χ0) is 33.4. The van der Waals surface area contributed by atoms with E-state index in [0.717, 1.165) is 11.1 Å². The van der Waals surface area contributed by atoms with Gasteiger partial charge in [0.1, 0.15) is 27.2 Å². The minimum Gasteiger partial charge on any atom is -0.258 e. The van der Waals surface area contributed by atoms with E-state index in [9.17, 15) is 10.1 Å². The molecule has 2 heterocycles. The lowest BCUT2D eigenvalue weighted by molar-refractivity contribution is -0.384. The van der Waals surface area contributed by atoms with Crippen molar-refractivity contribution in [2.24, 2.45) is 0 Å². The molecule has 9 heteroatoms. The molecule has 0 bridgehead atoms. The summed E-state index contributed by atoms with van der Waals surface area (Å²) < 4.78 is 0. The molecule has 0 N–H and O–H groups in total. The summed E-state index contributed by atoms with van der Waals surface area (Å²) in [4.78, 5) is 30.4. The minimum atomic E-state index is -2.02. The van der Waals surface area contributed by atoms with Crippen molar-refractivity contribution in [2.45, 2.75) is 116 Å². The van der Waals surface area contributed by atoms with Crippen LogP contribution in [0.2, 0.25) is 33.2 Å². The highest BCUT2D eigenvalue weighted by molar-refractivity contribution is 6.91. The Bertz CT molecular complexity index is 1850. The molecule has 4 rings (SSSR count). The minimum absolute atomic E-state index is 0.0422. The number of nitro groups is 1. The monoisotopic (exact) mass is 637 g/mol. The first kappa shape index (κ1) is 34.2. The molecular formula is C36H47N5O2Si2. The first-order valence-corrected chi connectivity index (χ1v) is 20.7. The lowest BCUT2D eigenvalue weighted by Gasteiger charge is -2.38. The van der Waals surface area contributed by atoms with Crippen LogP contribution in [0.5, 0.6) is 0 Å². The number of nitro benzene ring substituents is 1. The topological polar surface area (TPSA) is 94.7 Å². The van der Waals surface area contributed by atoms with Crippen molar-refractivity contribution in [3.8, 4) is 22.9 Å². The number of nitrogens with zero attached hydrogens (tertiary/aromatic N) is 5. The van der Waals surface area contributed by atoms with Gasteiger partial charge in [-0.15, -0.1) is 11.1 Å². The van der Waals surface area contributed by atoms with Gasteiger partial charge in [0.05, 0.1) is 27.1 Å². The Hall–Kier alpha value is -3.67. The van der Waals surface area contributed by atoms with Gasteiger partial charge in [-0.05, 0) is 51.4 Å². The number of non-ortho nitro benzene ring substituents is 1. The second-order valence-electron chi connectivity index (χ2n) is 14.2. The highest BCUT2D eigenvalue weighted by Crippen LogP contribution is 2.42. The predicted octanol–water partition coefficient (Wildman–Crippen LogP) is 9.77. The van der Waals surface area contributed by atoms with E-state index in [1.54, 1.807) is 6.07 Å². The summed E-state index contributed by atoms with van der Waals surface area (Å²) in [6.45, 7) is 27.7. The Morgan fingerprint density at radius 3 is 1.31 bits per heavy atom. The standard InChI is InChI=1S/C36H47N5O2Si2/c1-22(2)44(23(3)4,24(5)6)19-17-28-13-14-29(18-20-45(25(7)8,26(9)10)27(11)12)34-33(28)39-35-36(40-34)38-32-21-30(41(42)43)15-16-31(32)37-35/h13-16,21-27H,1-12H3. The second kappa shape index (κ2) is 13.0. The summed E-state index contributed by atoms with van der Waals surface area (Å²) in [5.74, 6) is 7.18. The molecule has 0 aliphatic rings. The average molecular weight is 638 g/mol. The van der Waals surface area contributed by atoms with Gasteiger partial charge in [0.2, 0.25) is 0 Å². The van der Waals surface area contributed by atoms with Crippen molar-refractivity contribution in [1.82, 2.24) is 19.9 Å². The fourth-order valence-corrected chi connectivity index (χ4v) is 18.2. The quantitative estimate of drug-likeness (QED) is 0.0658. The van der Waals surface area contributed by atoms with Crippen LogP contribution in [0.15, 0.2) is 30.3 Å². The molecule has 45 heavy (non-hydrogen) atoms. The summed E-state index contributed by atoms with van der Waals surface area (Å²) in [5, 5.41) is 11.4. The first-order valence-electron chi connectivity index (χ1n) is 16.2. The molecule has 0 atom stereocenters. The van der Waals surface area contributed by atoms with Crippen LogP contribution in [0.3, 0.4) is 0 Å². The van der Waals surface area contributed by atoms with Gasteiger partial charge in [0.25, 0.3) is 5.69 Å². The van der Waals surface area contributed by atoms with Crippen LogP contribution in [0.4, 0.5) is 5.69 Å². The van der Waals surface area contributed by atoms with Gasteiger partial charge in [0, 0.05) is 12.1 Å². The number of rotatable bonds is 7. The molecule has 0 aliphatic heterocycles. The summed E-state index contributed by atoms with van der Waals surface area (Å²) in [6.07, 6.45) is 0. The third-order valence-corrected chi connectivity index (χ3v) is 22.5. The molecule has 0 amide bonds. The Balaban J connectivity index is 2.08. The van der Waals surface area contributed by atoms with Crippen LogP contribution in [0.25, 0.3) is 33.4 Å². The van der Waals surface area contributed by atoms with Crippen LogP contribution < -0.4 is 0 Å². The van der Waals surface area contributed by atoms with Gasteiger partial charge in [-0.25, -0.2) is 19.9 Å². The molecule has 0 spiro atoms. The zero-order valence-corrected chi connectivity index (χ0v) is 30.9. The maximum absolute atomic E-state index is 11.4. The van der Waals surface area contributed by atoms with E-state index in [2.05, 4.69) is 111 Å². The molecular weight excluding hydrogens is 591 g/mol. The summed E-state index contributed by atoms with van der Waals surface area (Å²) in [7, 11) is -4.03. The van der Waals surface area contributed by atoms with Crippen molar-refractivity contribution in [1.29, 1.82) is 0 Å². The molecule has 0 fully saturated rings. The number of hydrogen-bond donors (Lipinski definition) is 0. The Morgan fingerprint density at radius 2 is 0.956 bits per heavy atom. The molecule has 0 unspecified atom stereocenters. The van der Waals surface area contributed by atoms with E-state index < -0.39 is 21.1 Å². The molecule has 2 aromatic heterocycles. The number of aromatic nitrogens is 4. The van der Waals surface area contributed by atoms with Gasteiger partial charge in [0.15, 0.2) is 11.3 Å². The lowest BCUT2D eigenvalue weighted by atomic mass is 10.1. The smallest absolute Gasteiger partial charge is 0.258 e. The van der Waals surface area contributed by atoms with Gasteiger partial charge >= 0.3 is 0 Å². The Labute approximate surface area is 270 Å². The summed E-state index contributed by atoms with van der Waals surface area (Å²) in [6, 6.07) is 8.54. The Morgan fingerprint density at radius 1 is 0.578 bits per heavy atom. The highest BCUT2D eigenvalue weighted by atomic mass is 28.3. The maximum atomic E-state index is 11.4. The second-order valence-corrected chi connectivity index (χ2v) is 25.3. The molecule has 236 valence electrons. The van der Waals surface area contributed by atoms with Gasteiger partial charge < -0.3 is 0 Å². The van der Waals surface area contributed by atoms with E-state index in [1.165, 1.54) is 12.1 Å². The molecule has 7 nitrogen and oxygen atoms in total. The molecule has 0 saturated heterocycles. The summed E-state index contributed by atoms with van der Waals surface area (Å²) in [5.41, 5.74) is 15.2. The van der Waals surface area contributed by atoms with Crippen molar-refractivity contribution >= 4 is 55.2 Å². The van der Waals surface area contributed by atoms with Crippen molar-refractivity contribution in [3.63, 3.8) is 0 Å². The number of fused-ring (bicyclic) bond motifs is 3. The predicted molar refractivity (Wildman–Crippen MR) is 193 cm³/mol. The van der Waals surface area contributed by atoms with Gasteiger partial charge in [-0.1, -0.05) is 94.9 Å². The summed E-state index contributed by atoms with van der Waals surface area (Å²) >= 11 is 0. The average Bonchev–Trinajstić information content (AvgIpc) is 2.94. The molecule has 0 radical (unpaired) electrons. The van der Waals surface area contributed by atoms with E-state index in [4.69, 9.17) is 15.0 Å². The molecule has 2 aromatic carbocycles. The van der Waals surface area contributed by atoms with Gasteiger partial charge in [-0.3, -0.25) is 10.1 Å². The first-order chi connectivity index (χ1) is 21.1. The largest absolute Gasteiger partial charge is 0.271 e. The van der Waals surface area contributed by atoms with Crippen LogP contribution in [-0.2, 0) is 0 Å². The van der Waals surface area contributed by atoms with Crippen LogP contribution in [0, 0.1) is 33.0 Å². The lowest BCUT2D eigenvalue weighted by Crippen LogP contribution is -2.43. The molecule has 0 aliphatic carbocycles. The highest BCUT2D eigenvalue weighted by Gasteiger charge is 2.42. The van der Waals surface area contributed by atoms with Crippen LogP contribution in [-0.4, -0.2) is 41.0 Å². The Kier molecular flexibility index (Phi) is 9.87. The third-order valence-electron chi connectivity index (χ3n) is 9.97. The van der Waals surface area contributed by atoms with Crippen molar-refractivity contribution < 1.29 is 4.92 Å². The number of hydrogen-bond acceptors (Lipinski definition) is 6. The fourth-order valence-electron chi connectivity index (χ4n) is 7.72. The van der Waals surface area contributed by atoms with Crippen molar-refractivity contribution in [2.75, 3.05) is 0 Å². The zero-order valence-electron chi connectivity index (χ0n) is 28.9. The van der Waals surface area contributed by atoms with Crippen LogP contribution >= 0.6 is 0 Å². The molecule has 0 saturated carbocycles. The third kappa shape index (κ3) is 6.13. The van der Waals surface area contributed by atoms with E-state index >= 15 is 0 Å². The SMILES string of the molecule is CC(C)[Si](C#Cc1ccc(C#C[Si](C(C)C)(C(C)C)C(C)C)c2nc3nc4cc([N+](=O)[O-])ccc4nc3nc12)(C(C)C)C(C)C. The van der Waals surface area contributed by atoms with Crippen LogP contribution in [0.1, 0.15) is 94.2 Å². The van der Waals surface area contributed by atoms with Gasteiger partial charge in [-0.2, -0.15) is 0 Å². The van der Waals surface area contributed by atoms with E-state index in [1.807, 2.05) is 12.1 Å². The van der Waals surface area contributed by atoms with E-state index in [0.29, 0.717) is 66.6 Å². The fraction of sp³-hybridized carbons (Fsp3) is 0.500. The van der Waals surface area contributed by atoms with E-state index in [-0.39, 0.29) is 5.69 Å². The normalized spacial score (nSPS) is 12.6. The molecule has 4 aromatic rings. The maximum Gasteiger partial charge on any atom is 0.271 e. The van der Waals surface area contributed by atoms with Crippen molar-refractivity contribution in [3.05, 3.63) is 51.6 Å².